The van der Waals surface area contributed by atoms with Crippen molar-refractivity contribution in [2.45, 2.75) is 25.9 Å². The number of carbonyl (C=O) groups excluding carboxylic acids is 1. The van der Waals surface area contributed by atoms with Gasteiger partial charge < -0.3 is 4.74 Å². The first-order chi connectivity index (χ1) is 5.41. The van der Waals surface area contributed by atoms with Crippen LogP contribution in [0.3, 0.4) is 0 Å². The van der Waals surface area contributed by atoms with E-state index in [-0.39, 0.29) is 6.10 Å². The summed E-state index contributed by atoms with van der Waals surface area (Å²) in [4.78, 5) is 11.9. The van der Waals surface area contributed by atoms with Gasteiger partial charge in [-0.15, -0.1) is 0 Å². The Hall–Kier alpha value is -0.870. The van der Waals surface area contributed by atoms with Crippen LogP contribution in [0.5, 0.6) is 0 Å². The van der Waals surface area contributed by atoms with Gasteiger partial charge in [-0.1, -0.05) is 0 Å². The predicted molar refractivity (Wildman–Crippen MR) is 38.1 cm³/mol. The molecule has 1 aliphatic rings. The van der Waals surface area contributed by atoms with E-state index < -0.39 is 25.1 Å². The highest BCUT2D eigenvalue weighted by Crippen LogP contribution is 2.27. The number of amides is 1. The van der Waals surface area contributed by atoms with Gasteiger partial charge in [-0.2, -0.15) is 0 Å². The standard InChI is InChI=1S/C7H11F2NO2/c1-5(2)12-6(11)10-3-7(8,9)4-10/h5H,3-4H2,1-2H3. The number of carbonyl (C=O) groups is 1. The maximum atomic E-state index is 12.2. The third kappa shape index (κ3) is 2.06. The van der Waals surface area contributed by atoms with Gasteiger partial charge in [0.15, 0.2) is 0 Å². The molecule has 0 aromatic heterocycles. The molecular formula is C7H11F2NO2. The Morgan fingerprint density at radius 3 is 2.33 bits per heavy atom. The monoisotopic (exact) mass is 179 g/mol. The number of alkyl halides is 2. The van der Waals surface area contributed by atoms with E-state index in [2.05, 4.69) is 0 Å². The maximum absolute atomic E-state index is 12.2. The summed E-state index contributed by atoms with van der Waals surface area (Å²) in [5.74, 6) is -2.71. The first-order valence-corrected chi connectivity index (χ1v) is 3.74. The van der Waals surface area contributed by atoms with Crippen molar-refractivity contribution in [1.82, 2.24) is 4.90 Å². The lowest BCUT2D eigenvalue weighted by molar-refractivity contribution is -0.122. The highest BCUT2D eigenvalue weighted by atomic mass is 19.3. The van der Waals surface area contributed by atoms with Crippen LogP contribution in [0.25, 0.3) is 0 Å². The lowest BCUT2D eigenvalue weighted by atomic mass is 10.2. The molecule has 3 nitrogen and oxygen atoms in total. The Morgan fingerprint density at radius 2 is 2.00 bits per heavy atom. The van der Waals surface area contributed by atoms with Crippen LogP contribution in [0.2, 0.25) is 0 Å². The number of hydrogen-bond donors (Lipinski definition) is 0. The molecule has 0 unspecified atom stereocenters. The smallest absolute Gasteiger partial charge is 0.410 e. The van der Waals surface area contributed by atoms with Crippen LogP contribution < -0.4 is 0 Å². The van der Waals surface area contributed by atoms with Crippen molar-refractivity contribution >= 4 is 6.09 Å². The number of likely N-dealkylation sites (tertiary alicyclic amines) is 1. The van der Waals surface area contributed by atoms with Gasteiger partial charge in [0.1, 0.15) is 0 Å². The van der Waals surface area contributed by atoms with Crippen LogP contribution >= 0.6 is 0 Å². The van der Waals surface area contributed by atoms with Gasteiger partial charge in [0.2, 0.25) is 0 Å². The average molecular weight is 179 g/mol. The molecule has 0 spiro atoms. The van der Waals surface area contributed by atoms with Gasteiger partial charge in [0, 0.05) is 0 Å². The fourth-order valence-electron chi connectivity index (χ4n) is 0.917. The molecule has 0 bridgehead atoms. The lowest BCUT2D eigenvalue weighted by Crippen LogP contribution is -2.58. The van der Waals surface area contributed by atoms with E-state index in [4.69, 9.17) is 4.74 Å². The zero-order valence-corrected chi connectivity index (χ0v) is 7.01. The van der Waals surface area contributed by atoms with Gasteiger partial charge in [0.05, 0.1) is 19.2 Å². The second kappa shape index (κ2) is 2.88. The fourth-order valence-corrected chi connectivity index (χ4v) is 0.917. The van der Waals surface area contributed by atoms with E-state index in [0.29, 0.717) is 0 Å². The third-order valence-corrected chi connectivity index (χ3v) is 1.44. The highest BCUT2D eigenvalue weighted by Gasteiger charge is 2.47. The molecule has 0 radical (unpaired) electrons. The normalized spacial score (nSPS) is 20.6. The van der Waals surface area contributed by atoms with Gasteiger partial charge in [-0.25, -0.2) is 13.6 Å². The first kappa shape index (κ1) is 9.22. The quantitative estimate of drug-likeness (QED) is 0.610. The van der Waals surface area contributed by atoms with E-state index in [1.165, 1.54) is 0 Å². The van der Waals surface area contributed by atoms with Gasteiger partial charge in [-0.3, -0.25) is 4.90 Å². The van der Waals surface area contributed by atoms with E-state index >= 15 is 0 Å². The SMILES string of the molecule is CC(C)OC(=O)N1CC(F)(F)C1. The van der Waals surface area contributed by atoms with Crippen LogP contribution in [0.4, 0.5) is 13.6 Å². The molecule has 12 heavy (non-hydrogen) atoms. The summed E-state index contributed by atoms with van der Waals surface area (Å²) >= 11 is 0. The molecule has 1 amide bonds. The molecule has 1 aliphatic heterocycles. The molecule has 0 atom stereocenters. The number of rotatable bonds is 1. The van der Waals surface area contributed by atoms with E-state index in [9.17, 15) is 13.6 Å². The molecule has 1 heterocycles. The van der Waals surface area contributed by atoms with Crippen LogP contribution in [0.1, 0.15) is 13.8 Å². The van der Waals surface area contributed by atoms with Crippen molar-refractivity contribution in [2.75, 3.05) is 13.1 Å². The molecule has 0 aromatic rings. The van der Waals surface area contributed by atoms with Crippen molar-refractivity contribution in [1.29, 1.82) is 0 Å². The molecule has 1 fully saturated rings. The molecule has 1 saturated heterocycles. The second-order valence-electron chi connectivity index (χ2n) is 3.14. The van der Waals surface area contributed by atoms with Gasteiger partial charge in [-0.05, 0) is 13.8 Å². The number of ether oxygens (including phenoxy) is 1. The van der Waals surface area contributed by atoms with Crippen molar-refractivity contribution in [3.05, 3.63) is 0 Å². The van der Waals surface area contributed by atoms with Crippen LogP contribution in [0, 0.1) is 0 Å². The molecule has 1 rings (SSSR count). The van der Waals surface area contributed by atoms with E-state index in [0.717, 1.165) is 4.90 Å². The Balaban J connectivity index is 2.29. The molecule has 0 aliphatic carbocycles. The molecule has 0 N–H and O–H groups in total. The van der Waals surface area contributed by atoms with Crippen molar-refractivity contribution in [2.24, 2.45) is 0 Å². The molecular weight excluding hydrogens is 168 g/mol. The van der Waals surface area contributed by atoms with Gasteiger partial charge >= 0.3 is 6.09 Å². The van der Waals surface area contributed by atoms with Crippen LogP contribution in [0.15, 0.2) is 0 Å². The summed E-state index contributed by atoms with van der Waals surface area (Å²) in [5.41, 5.74) is 0. The minimum atomic E-state index is -2.71. The first-order valence-electron chi connectivity index (χ1n) is 3.74. The van der Waals surface area contributed by atoms with E-state index in [1.54, 1.807) is 13.8 Å². The van der Waals surface area contributed by atoms with Crippen molar-refractivity contribution in [3.8, 4) is 0 Å². The van der Waals surface area contributed by atoms with Gasteiger partial charge in [0.25, 0.3) is 5.92 Å². The molecule has 0 saturated carbocycles. The minimum absolute atomic E-state index is 0.258. The molecule has 0 aromatic carbocycles. The zero-order valence-electron chi connectivity index (χ0n) is 7.01. The van der Waals surface area contributed by atoms with Crippen LogP contribution in [-0.2, 0) is 4.74 Å². The summed E-state index contributed by atoms with van der Waals surface area (Å²) in [6, 6.07) is 0. The number of nitrogens with zero attached hydrogens (tertiary/aromatic N) is 1. The summed E-state index contributed by atoms with van der Waals surface area (Å²) < 4.78 is 29.2. The highest BCUT2D eigenvalue weighted by molar-refractivity contribution is 5.69. The molecule has 5 heteroatoms. The summed E-state index contributed by atoms with van der Waals surface area (Å²) in [6.07, 6.45) is -0.914. The predicted octanol–water partition coefficient (Wildman–Crippen LogP) is 1.48. The Labute approximate surface area is 69.3 Å². The van der Waals surface area contributed by atoms with Crippen molar-refractivity contribution < 1.29 is 18.3 Å². The minimum Gasteiger partial charge on any atom is -0.447 e. The largest absolute Gasteiger partial charge is 0.447 e. The second-order valence-corrected chi connectivity index (χ2v) is 3.14. The topological polar surface area (TPSA) is 29.5 Å². The summed E-state index contributed by atoms with van der Waals surface area (Å²) in [5, 5.41) is 0. The fraction of sp³-hybridized carbons (Fsp3) is 0.857. The molecule has 70 valence electrons. The summed E-state index contributed by atoms with van der Waals surface area (Å²) in [7, 11) is 0. The zero-order chi connectivity index (χ0) is 9.35. The van der Waals surface area contributed by atoms with Crippen LogP contribution in [-0.4, -0.2) is 36.1 Å². The maximum Gasteiger partial charge on any atom is 0.410 e. The Kier molecular flexibility index (Phi) is 2.21. The lowest BCUT2D eigenvalue weighted by Gasteiger charge is -2.37. The Bertz CT molecular complexity index is 186. The summed E-state index contributed by atoms with van der Waals surface area (Å²) in [6.45, 7) is 2.32. The number of hydrogen-bond acceptors (Lipinski definition) is 2. The van der Waals surface area contributed by atoms with Crippen molar-refractivity contribution in [3.63, 3.8) is 0 Å². The van der Waals surface area contributed by atoms with E-state index in [1.807, 2.05) is 0 Å². The third-order valence-electron chi connectivity index (χ3n) is 1.44. The number of halogens is 2. The Morgan fingerprint density at radius 1 is 1.50 bits per heavy atom. The average Bonchev–Trinajstić information content (AvgIpc) is 1.80.